The lowest BCUT2D eigenvalue weighted by Crippen LogP contribution is -2.56. The van der Waals surface area contributed by atoms with E-state index in [9.17, 15) is 9.59 Å². The molecule has 0 aromatic heterocycles. The third kappa shape index (κ3) is 4.00. The van der Waals surface area contributed by atoms with Crippen molar-refractivity contribution in [2.24, 2.45) is 5.92 Å². The number of rotatable bonds is 8. The van der Waals surface area contributed by atoms with E-state index in [1.165, 1.54) is 4.90 Å². The number of likely N-dealkylation sites (tertiary alicyclic amines) is 1. The summed E-state index contributed by atoms with van der Waals surface area (Å²) >= 11 is 0. The molecule has 2 fully saturated rings. The first-order valence-electron chi connectivity index (χ1n) is 10.9. The molecule has 30 heavy (non-hydrogen) atoms. The summed E-state index contributed by atoms with van der Waals surface area (Å²) in [6.45, 7) is 9.49. The van der Waals surface area contributed by atoms with Crippen LogP contribution in [-0.4, -0.2) is 72.6 Å². The second-order valence-electron chi connectivity index (χ2n) is 8.63. The summed E-state index contributed by atoms with van der Waals surface area (Å²) in [7, 11) is 3.29. The molecule has 2 aliphatic rings. The summed E-state index contributed by atoms with van der Waals surface area (Å²) in [6, 6.07) is 5.78. The fraction of sp³-hybridized carbons (Fsp3) is 0.652. The maximum atomic E-state index is 13.2. The third-order valence-electron chi connectivity index (χ3n) is 6.43. The lowest BCUT2D eigenvalue weighted by molar-refractivity contribution is -0.135. The lowest BCUT2D eigenvalue weighted by atomic mass is 9.85. The van der Waals surface area contributed by atoms with Crippen molar-refractivity contribution in [2.75, 3.05) is 40.4 Å². The summed E-state index contributed by atoms with van der Waals surface area (Å²) in [5.41, 5.74) is 0.380. The largest absolute Gasteiger partial charge is 0.493 e. The van der Waals surface area contributed by atoms with Crippen LogP contribution in [0.15, 0.2) is 18.2 Å². The Labute approximate surface area is 179 Å². The van der Waals surface area contributed by atoms with Gasteiger partial charge in [0.2, 0.25) is 0 Å². The Balaban J connectivity index is 1.75. The molecule has 1 aromatic rings. The smallest absolute Gasteiger partial charge is 0.327 e. The van der Waals surface area contributed by atoms with Gasteiger partial charge in [0.15, 0.2) is 11.5 Å². The number of para-hydroxylation sites is 1. The number of hydrogen-bond donors (Lipinski definition) is 0. The fourth-order valence-electron chi connectivity index (χ4n) is 4.64. The molecule has 0 saturated carbocycles. The van der Waals surface area contributed by atoms with E-state index in [0.29, 0.717) is 31.8 Å². The van der Waals surface area contributed by atoms with Crippen LogP contribution >= 0.6 is 0 Å². The van der Waals surface area contributed by atoms with Crippen molar-refractivity contribution in [3.63, 3.8) is 0 Å². The van der Waals surface area contributed by atoms with Crippen molar-refractivity contribution < 1.29 is 19.1 Å². The SMILES string of the molecule is CCN1C(=O)N(CCC(C)C)C2(CCN(Cc3cccc(OC)c3OC)CC2)C1=O. The van der Waals surface area contributed by atoms with E-state index in [-0.39, 0.29) is 11.9 Å². The molecule has 0 radical (unpaired) electrons. The Morgan fingerprint density at radius 3 is 2.37 bits per heavy atom. The van der Waals surface area contributed by atoms with Crippen LogP contribution in [0.2, 0.25) is 0 Å². The highest BCUT2D eigenvalue weighted by atomic mass is 16.5. The number of amides is 3. The molecule has 0 N–H and O–H groups in total. The van der Waals surface area contributed by atoms with Crippen LogP contribution < -0.4 is 9.47 Å². The van der Waals surface area contributed by atoms with Crippen LogP contribution in [0.1, 0.15) is 45.6 Å². The molecule has 166 valence electrons. The molecule has 1 spiro atoms. The molecular formula is C23H35N3O4. The molecule has 0 bridgehead atoms. The molecule has 0 aliphatic carbocycles. The van der Waals surface area contributed by atoms with Gasteiger partial charge in [-0.3, -0.25) is 14.6 Å². The first-order valence-corrected chi connectivity index (χ1v) is 10.9. The number of benzene rings is 1. The van der Waals surface area contributed by atoms with E-state index in [4.69, 9.17) is 9.47 Å². The van der Waals surface area contributed by atoms with Crippen LogP contribution in [0.3, 0.4) is 0 Å². The van der Waals surface area contributed by atoms with Crippen LogP contribution in [0, 0.1) is 5.92 Å². The number of carbonyl (C=O) groups is 2. The number of methoxy groups -OCH3 is 2. The molecule has 0 atom stereocenters. The first-order chi connectivity index (χ1) is 14.4. The summed E-state index contributed by atoms with van der Waals surface area (Å²) in [6.07, 6.45) is 2.24. The van der Waals surface area contributed by atoms with Gasteiger partial charge in [0, 0.05) is 38.3 Å². The normalized spacial score (nSPS) is 19.3. The van der Waals surface area contributed by atoms with E-state index in [1.54, 1.807) is 14.2 Å². The highest BCUT2D eigenvalue weighted by Gasteiger charge is 2.57. The van der Waals surface area contributed by atoms with Crippen molar-refractivity contribution >= 4 is 11.9 Å². The average molecular weight is 418 g/mol. The molecule has 2 saturated heterocycles. The van der Waals surface area contributed by atoms with Gasteiger partial charge in [-0.05, 0) is 38.2 Å². The Bertz CT molecular complexity index is 772. The molecule has 3 amide bonds. The number of urea groups is 1. The maximum absolute atomic E-state index is 13.2. The van der Waals surface area contributed by atoms with Gasteiger partial charge in [-0.1, -0.05) is 26.0 Å². The van der Waals surface area contributed by atoms with Crippen LogP contribution in [-0.2, 0) is 11.3 Å². The number of likely N-dealkylation sites (N-methyl/N-ethyl adjacent to an activating group) is 1. The summed E-state index contributed by atoms with van der Waals surface area (Å²) in [4.78, 5) is 31.8. The zero-order valence-corrected chi connectivity index (χ0v) is 18.9. The number of carbonyl (C=O) groups excluding carboxylic acids is 2. The number of imide groups is 1. The molecule has 7 nitrogen and oxygen atoms in total. The zero-order chi connectivity index (χ0) is 21.9. The molecule has 3 rings (SSSR count). The summed E-state index contributed by atoms with van der Waals surface area (Å²) in [5.74, 6) is 1.94. The van der Waals surface area contributed by atoms with Gasteiger partial charge in [0.25, 0.3) is 5.91 Å². The third-order valence-corrected chi connectivity index (χ3v) is 6.43. The van der Waals surface area contributed by atoms with Crippen molar-refractivity contribution in [3.8, 4) is 11.5 Å². The van der Waals surface area contributed by atoms with Gasteiger partial charge in [-0.25, -0.2) is 4.79 Å². The number of piperidine rings is 1. The Kier molecular flexibility index (Phi) is 6.91. The highest BCUT2D eigenvalue weighted by Crippen LogP contribution is 2.39. The second-order valence-corrected chi connectivity index (χ2v) is 8.63. The van der Waals surface area contributed by atoms with E-state index in [1.807, 2.05) is 30.0 Å². The van der Waals surface area contributed by atoms with Crippen molar-refractivity contribution in [2.45, 2.75) is 52.1 Å². The van der Waals surface area contributed by atoms with Crippen LogP contribution in [0.25, 0.3) is 0 Å². The number of hydrogen-bond acceptors (Lipinski definition) is 5. The molecule has 2 aliphatic heterocycles. The van der Waals surface area contributed by atoms with Crippen molar-refractivity contribution in [3.05, 3.63) is 23.8 Å². The molecule has 1 aromatic carbocycles. The molecule has 7 heteroatoms. The minimum atomic E-state index is -0.684. The fourth-order valence-corrected chi connectivity index (χ4v) is 4.64. The van der Waals surface area contributed by atoms with E-state index in [0.717, 1.165) is 43.1 Å². The number of ether oxygens (including phenoxy) is 2. The minimum Gasteiger partial charge on any atom is -0.493 e. The number of nitrogens with zero attached hydrogens (tertiary/aromatic N) is 3. The highest BCUT2D eigenvalue weighted by molar-refractivity contribution is 6.07. The minimum absolute atomic E-state index is 0.0163. The monoisotopic (exact) mass is 417 g/mol. The van der Waals surface area contributed by atoms with Gasteiger partial charge < -0.3 is 14.4 Å². The summed E-state index contributed by atoms with van der Waals surface area (Å²) in [5, 5.41) is 0. The van der Waals surface area contributed by atoms with Crippen molar-refractivity contribution in [1.29, 1.82) is 0 Å². The second kappa shape index (κ2) is 9.25. The maximum Gasteiger partial charge on any atom is 0.327 e. The van der Waals surface area contributed by atoms with E-state index >= 15 is 0 Å². The predicted octanol–water partition coefficient (Wildman–Crippen LogP) is 3.37. The standard InChI is InChI=1S/C23H35N3O4/c1-6-25-21(27)23(26(22(25)28)13-10-17(2)3)11-14-24(15-12-23)16-18-8-7-9-19(29-4)20(18)30-5/h7-9,17H,6,10-16H2,1-5H3. The Hall–Kier alpha value is -2.28. The zero-order valence-electron chi connectivity index (χ0n) is 18.9. The van der Waals surface area contributed by atoms with Gasteiger partial charge in [-0.2, -0.15) is 0 Å². The van der Waals surface area contributed by atoms with Gasteiger partial charge in [0.1, 0.15) is 5.54 Å². The van der Waals surface area contributed by atoms with Gasteiger partial charge in [-0.15, -0.1) is 0 Å². The van der Waals surface area contributed by atoms with Gasteiger partial charge in [0.05, 0.1) is 14.2 Å². The van der Waals surface area contributed by atoms with Crippen LogP contribution in [0.5, 0.6) is 11.5 Å². The van der Waals surface area contributed by atoms with Gasteiger partial charge >= 0.3 is 6.03 Å². The quantitative estimate of drug-likeness (QED) is 0.607. The Morgan fingerprint density at radius 1 is 1.10 bits per heavy atom. The predicted molar refractivity (Wildman–Crippen MR) is 116 cm³/mol. The lowest BCUT2D eigenvalue weighted by Gasteiger charge is -2.42. The summed E-state index contributed by atoms with van der Waals surface area (Å²) < 4.78 is 11.0. The Morgan fingerprint density at radius 2 is 1.80 bits per heavy atom. The molecular weight excluding hydrogens is 382 g/mol. The average Bonchev–Trinajstić information content (AvgIpc) is 2.93. The van der Waals surface area contributed by atoms with Crippen molar-refractivity contribution in [1.82, 2.24) is 14.7 Å². The van der Waals surface area contributed by atoms with E-state index in [2.05, 4.69) is 18.7 Å². The molecule has 0 unspecified atom stereocenters. The topological polar surface area (TPSA) is 62.3 Å². The van der Waals surface area contributed by atoms with Crippen LogP contribution in [0.4, 0.5) is 4.79 Å². The first kappa shape index (κ1) is 22.4. The van der Waals surface area contributed by atoms with E-state index < -0.39 is 5.54 Å². The molecule has 2 heterocycles.